The number of rotatable bonds is 7. The number of fused-ring (bicyclic) bond motifs is 1. The molecule has 0 bridgehead atoms. The molecule has 2 aromatic carbocycles. The zero-order valence-electron chi connectivity index (χ0n) is 19.2. The minimum atomic E-state index is -0.670. The molecule has 3 amide bonds. The summed E-state index contributed by atoms with van der Waals surface area (Å²) in [6.45, 7) is 3.10. The van der Waals surface area contributed by atoms with Gasteiger partial charge in [-0.05, 0) is 30.5 Å². The lowest BCUT2D eigenvalue weighted by atomic mass is 10.1. The van der Waals surface area contributed by atoms with Crippen molar-refractivity contribution in [3.63, 3.8) is 0 Å². The third-order valence-electron chi connectivity index (χ3n) is 5.37. The number of hydrazone groups is 1. The molecule has 0 aromatic heterocycles. The number of aryl methyl sites for hydroxylation is 1. The number of hydrogen-bond acceptors (Lipinski definition) is 6. The van der Waals surface area contributed by atoms with E-state index in [1.807, 2.05) is 66.3 Å². The van der Waals surface area contributed by atoms with Crippen molar-refractivity contribution >= 4 is 30.1 Å². The fourth-order valence-corrected chi connectivity index (χ4v) is 3.46. The summed E-state index contributed by atoms with van der Waals surface area (Å²) in [5.74, 6) is -0.212. The van der Waals surface area contributed by atoms with Gasteiger partial charge in [-0.25, -0.2) is 4.79 Å². The highest BCUT2D eigenvalue weighted by Crippen LogP contribution is 2.27. The number of para-hydroxylation sites is 1. The predicted octanol–water partition coefficient (Wildman–Crippen LogP) is 2.49. The highest BCUT2D eigenvalue weighted by Gasteiger charge is 2.23. The standard InChI is InChI=1S/C24H29N5O4/c1-18-8-10-19(11-9-18)16-27(2)23(25-24(32)28(17-30)14-13-22(31)33-3)26-29-15-12-20-6-4-5-7-21(20)29/h4-11,17H,12-16H2,1-3H3,(H,25,26,32). The number of imide groups is 1. The van der Waals surface area contributed by atoms with E-state index in [0.29, 0.717) is 25.5 Å². The molecule has 0 saturated heterocycles. The molecule has 0 fully saturated rings. The first kappa shape index (κ1) is 23.8. The third kappa shape index (κ3) is 6.31. The molecule has 174 valence electrons. The Bertz CT molecular complexity index is 1020. The molecular weight excluding hydrogens is 422 g/mol. The largest absolute Gasteiger partial charge is 0.469 e. The van der Waals surface area contributed by atoms with E-state index in [9.17, 15) is 14.4 Å². The van der Waals surface area contributed by atoms with Gasteiger partial charge in [0, 0.05) is 26.7 Å². The number of methoxy groups -OCH3 is 1. The normalized spacial score (nSPS) is 12.7. The molecule has 1 N–H and O–H groups in total. The molecule has 0 unspecified atom stereocenters. The first-order valence-corrected chi connectivity index (χ1v) is 10.7. The van der Waals surface area contributed by atoms with Crippen molar-refractivity contribution in [2.45, 2.75) is 26.3 Å². The van der Waals surface area contributed by atoms with Crippen LogP contribution >= 0.6 is 0 Å². The Balaban J connectivity index is 1.81. The van der Waals surface area contributed by atoms with Gasteiger partial charge in [-0.15, -0.1) is 5.10 Å². The number of carbonyl (C=O) groups excluding carboxylic acids is 3. The summed E-state index contributed by atoms with van der Waals surface area (Å²) in [5.41, 5.74) is 4.36. The molecule has 0 saturated carbocycles. The van der Waals surface area contributed by atoms with Crippen LogP contribution < -0.4 is 10.3 Å². The molecule has 1 aliphatic heterocycles. The van der Waals surface area contributed by atoms with Crippen LogP contribution in [0.15, 0.2) is 53.6 Å². The van der Waals surface area contributed by atoms with E-state index < -0.39 is 12.0 Å². The zero-order chi connectivity index (χ0) is 23.8. The van der Waals surface area contributed by atoms with Crippen molar-refractivity contribution in [3.8, 4) is 0 Å². The average Bonchev–Trinajstić information content (AvgIpc) is 3.23. The summed E-state index contributed by atoms with van der Waals surface area (Å²) in [7, 11) is 3.08. The minimum Gasteiger partial charge on any atom is -0.469 e. The third-order valence-corrected chi connectivity index (χ3v) is 5.37. The second-order valence-electron chi connectivity index (χ2n) is 7.82. The van der Waals surface area contributed by atoms with Crippen LogP contribution in [0, 0.1) is 6.92 Å². The molecule has 9 nitrogen and oxygen atoms in total. The van der Waals surface area contributed by atoms with Crippen LogP contribution in [-0.4, -0.2) is 61.4 Å². The van der Waals surface area contributed by atoms with E-state index in [1.54, 1.807) is 0 Å². The van der Waals surface area contributed by atoms with Gasteiger partial charge in [0.2, 0.25) is 12.4 Å². The Hall–Kier alpha value is -3.88. The molecule has 9 heteroatoms. The molecule has 0 spiro atoms. The number of amides is 3. The maximum atomic E-state index is 12.8. The average molecular weight is 452 g/mol. The van der Waals surface area contributed by atoms with Crippen molar-refractivity contribution in [3.05, 3.63) is 65.2 Å². The van der Waals surface area contributed by atoms with Crippen LogP contribution in [0.25, 0.3) is 0 Å². The van der Waals surface area contributed by atoms with Gasteiger partial charge < -0.3 is 9.64 Å². The number of guanidine groups is 1. The Morgan fingerprint density at radius 3 is 2.61 bits per heavy atom. The zero-order valence-corrected chi connectivity index (χ0v) is 19.2. The van der Waals surface area contributed by atoms with Gasteiger partial charge in [0.05, 0.1) is 19.2 Å². The van der Waals surface area contributed by atoms with Crippen molar-refractivity contribution in [1.82, 2.24) is 15.1 Å². The predicted molar refractivity (Wildman–Crippen MR) is 126 cm³/mol. The van der Waals surface area contributed by atoms with E-state index in [4.69, 9.17) is 5.10 Å². The maximum Gasteiger partial charge on any atom is 0.330 e. The monoisotopic (exact) mass is 451 g/mol. The molecule has 0 radical (unpaired) electrons. The SMILES string of the molecule is COC(=O)CCN(C=O)C(=O)N/C(=N\N1CCc2ccccc21)N(C)Cc1ccc(C)cc1. The Labute approximate surface area is 193 Å². The van der Waals surface area contributed by atoms with Gasteiger partial charge >= 0.3 is 12.0 Å². The number of urea groups is 1. The number of hydrogen-bond donors (Lipinski definition) is 1. The van der Waals surface area contributed by atoms with Gasteiger partial charge in [0.25, 0.3) is 0 Å². The molecule has 0 aliphatic carbocycles. The number of anilines is 1. The second-order valence-corrected chi connectivity index (χ2v) is 7.82. The topological polar surface area (TPSA) is 94.5 Å². The van der Waals surface area contributed by atoms with Gasteiger partial charge in [-0.1, -0.05) is 48.0 Å². The van der Waals surface area contributed by atoms with E-state index >= 15 is 0 Å². The van der Waals surface area contributed by atoms with Crippen LogP contribution in [-0.2, 0) is 27.3 Å². The number of esters is 1. The molecule has 1 aliphatic rings. The van der Waals surface area contributed by atoms with Gasteiger partial charge in [0.1, 0.15) is 0 Å². The summed E-state index contributed by atoms with van der Waals surface area (Å²) in [6, 6.07) is 15.4. The Morgan fingerprint density at radius 2 is 1.91 bits per heavy atom. The van der Waals surface area contributed by atoms with Crippen molar-refractivity contribution < 1.29 is 19.1 Å². The van der Waals surface area contributed by atoms with E-state index in [2.05, 4.69) is 16.1 Å². The van der Waals surface area contributed by atoms with Crippen molar-refractivity contribution in [1.29, 1.82) is 0 Å². The smallest absolute Gasteiger partial charge is 0.330 e. The molecule has 33 heavy (non-hydrogen) atoms. The Morgan fingerprint density at radius 1 is 1.18 bits per heavy atom. The van der Waals surface area contributed by atoms with Crippen LogP contribution in [0.5, 0.6) is 0 Å². The van der Waals surface area contributed by atoms with E-state index in [1.165, 1.54) is 12.7 Å². The summed E-state index contributed by atoms with van der Waals surface area (Å²) >= 11 is 0. The molecule has 3 rings (SSSR count). The Kier molecular flexibility index (Phi) is 8.01. The summed E-state index contributed by atoms with van der Waals surface area (Å²) < 4.78 is 4.59. The lowest BCUT2D eigenvalue weighted by molar-refractivity contribution is -0.140. The first-order valence-electron chi connectivity index (χ1n) is 10.7. The van der Waals surface area contributed by atoms with Gasteiger partial charge in [-0.3, -0.25) is 24.8 Å². The van der Waals surface area contributed by atoms with Crippen molar-refractivity contribution in [2.75, 3.05) is 32.3 Å². The summed E-state index contributed by atoms with van der Waals surface area (Å²) in [6.07, 6.45) is 1.15. The number of carbonyl (C=O) groups is 3. The highest BCUT2D eigenvalue weighted by molar-refractivity contribution is 5.99. The minimum absolute atomic E-state index is 0.0894. The van der Waals surface area contributed by atoms with Crippen LogP contribution in [0.1, 0.15) is 23.1 Å². The quantitative estimate of drug-likeness (QED) is 0.301. The highest BCUT2D eigenvalue weighted by atomic mass is 16.5. The van der Waals surface area contributed by atoms with E-state index in [-0.39, 0.29) is 13.0 Å². The van der Waals surface area contributed by atoms with Crippen LogP contribution in [0.4, 0.5) is 10.5 Å². The number of nitrogens with one attached hydrogen (secondary N) is 1. The maximum absolute atomic E-state index is 12.8. The van der Waals surface area contributed by atoms with E-state index in [0.717, 1.165) is 28.1 Å². The molecular formula is C24H29N5O4. The fourth-order valence-electron chi connectivity index (χ4n) is 3.46. The van der Waals surface area contributed by atoms with Gasteiger partial charge in [-0.2, -0.15) is 0 Å². The summed E-state index contributed by atoms with van der Waals surface area (Å²) in [4.78, 5) is 38.4. The lowest BCUT2D eigenvalue weighted by Crippen LogP contribution is -2.49. The van der Waals surface area contributed by atoms with Crippen LogP contribution in [0.3, 0.4) is 0 Å². The fraction of sp³-hybridized carbons (Fsp3) is 0.333. The molecule has 2 aromatic rings. The number of ether oxygens (including phenoxy) is 1. The first-order chi connectivity index (χ1) is 15.9. The number of nitrogens with zero attached hydrogens (tertiary/aromatic N) is 4. The molecule has 1 heterocycles. The summed E-state index contributed by atoms with van der Waals surface area (Å²) in [5, 5.41) is 9.29. The number of benzene rings is 2. The lowest BCUT2D eigenvalue weighted by Gasteiger charge is -2.26. The van der Waals surface area contributed by atoms with Crippen LogP contribution in [0.2, 0.25) is 0 Å². The molecule has 0 atom stereocenters. The van der Waals surface area contributed by atoms with Crippen molar-refractivity contribution in [2.24, 2.45) is 5.10 Å². The van der Waals surface area contributed by atoms with Gasteiger partial charge in [0.15, 0.2) is 0 Å². The second kappa shape index (κ2) is 11.1.